The Labute approximate surface area is 222 Å². The van der Waals surface area contributed by atoms with E-state index in [4.69, 9.17) is 0 Å². The Kier molecular flexibility index (Phi) is 7.72. The molecule has 0 unspecified atom stereocenters. The molecular weight excluding hydrogens is 481 g/mol. The maximum absolute atomic E-state index is 14.5. The van der Waals surface area contributed by atoms with Gasteiger partial charge in [-0.25, -0.2) is 4.39 Å². The van der Waals surface area contributed by atoms with Crippen molar-refractivity contribution in [3.05, 3.63) is 77.6 Å². The molecule has 0 bridgehead atoms. The third-order valence-corrected chi connectivity index (χ3v) is 7.84. The number of amides is 3. The molecule has 0 spiro atoms. The van der Waals surface area contributed by atoms with Gasteiger partial charge in [-0.15, -0.1) is 0 Å². The molecule has 1 N–H and O–H groups in total. The van der Waals surface area contributed by atoms with Gasteiger partial charge in [-0.2, -0.15) is 0 Å². The molecule has 38 heavy (non-hydrogen) atoms. The Balaban J connectivity index is 1.27. The molecule has 198 valence electrons. The minimum Gasteiger partial charge on any atom is -0.352 e. The fraction of sp³-hybridized carbons (Fsp3) is 0.387. The number of hydrogen-bond donors (Lipinski definition) is 1. The summed E-state index contributed by atoms with van der Waals surface area (Å²) in [5, 5.41) is 5.06. The third kappa shape index (κ3) is 5.28. The van der Waals surface area contributed by atoms with E-state index in [1.807, 2.05) is 36.4 Å². The predicted molar refractivity (Wildman–Crippen MR) is 146 cm³/mol. The van der Waals surface area contributed by atoms with Crippen LogP contribution in [0.5, 0.6) is 0 Å². The molecule has 5 rings (SSSR count). The lowest BCUT2D eigenvalue weighted by atomic mass is 9.95. The van der Waals surface area contributed by atoms with Gasteiger partial charge in [0, 0.05) is 42.1 Å². The molecule has 2 aliphatic rings. The summed E-state index contributed by atoms with van der Waals surface area (Å²) in [7, 11) is 0. The Morgan fingerprint density at radius 3 is 2.53 bits per heavy atom. The van der Waals surface area contributed by atoms with Gasteiger partial charge in [-0.1, -0.05) is 61.7 Å². The van der Waals surface area contributed by atoms with E-state index in [0.717, 1.165) is 42.1 Å². The molecule has 0 radical (unpaired) electrons. The number of carbonyl (C=O) groups excluding carboxylic acids is 3. The monoisotopic (exact) mass is 515 g/mol. The SMILES string of the molecule is C[C@H](C(=O)NC1CCCCC1)N(Cc1ccccc1F)C(=O)CCCN1C(=O)c2cccc3cccc1c23. The summed E-state index contributed by atoms with van der Waals surface area (Å²) in [6.45, 7) is 2.10. The number of hydrogen-bond acceptors (Lipinski definition) is 3. The van der Waals surface area contributed by atoms with Crippen molar-refractivity contribution >= 4 is 34.2 Å². The lowest BCUT2D eigenvalue weighted by Gasteiger charge is -2.31. The van der Waals surface area contributed by atoms with E-state index in [1.165, 1.54) is 17.4 Å². The molecule has 1 heterocycles. The van der Waals surface area contributed by atoms with Crippen LogP contribution in [-0.4, -0.2) is 41.2 Å². The fourth-order valence-corrected chi connectivity index (χ4v) is 5.69. The zero-order valence-electron chi connectivity index (χ0n) is 21.8. The fourth-order valence-electron chi connectivity index (χ4n) is 5.69. The van der Waals surface area contributed by atoms with Crippen LogP contribution < -0.4 is 10.2 Å². The van der Waals surface area contributed by atoms with E-state index in [1.54, 1.807) is 30.0 Å². The van der Waals surface area contributed by atoms with E-state index in [0.29, 0.717) is 24.1 Å². The third-order valence-electron chi connectivity index (χ3n) is 7.84. The zero-order chi connectivity index (χ0) is 26.6. The minimum absolute atomic E-state index is 0.0121. The molecular formula is C31H34FN3O3. The quantitative estimate of drug-likeness (QED) is 0.404. The molecule has 7 heteroatoms. The molecule has 0 aromatic heterocycles. The molecule has 1 atom stereocenters. The van der Waals surface area contributed by atoms with Crippen molar-refractivity contribution < 1.29 is 18.8 Å². The van der Waals surface area contributed by atoms with Crippen molar-refractivity contribution in [3.8, 4) is 0 Å². The molecule has 6 nitrogen and oxygen atoms in total. The van der Waals surface area contributed by atoms with Gasteiger partial charge in [-0.3, -0.25) is 14.4 Å². The van der Waals surface area contributed by atoms with Gasteiger partial charge in [0.05, 0.1) is 5.69 Å². The summed E-state index contributed by atoms with van der Waals surface area (Å²) in [5.41, 5.74) is 1.91. The number of benzene rings is 3. The van der Waals surface area contributed by atoms with Crippen molar-refractivity contribution in [3.63, 3.8) is 0 Å². The maximum Gasteiger partial charge on any atom is 0.258 e. The molecule has 1 aliphatic heterocycles. The van der Waals surface area contributed by atoms with Crippen LogP contribution in [-0.2, 0) is 16.1 Å². The molecule has 3 aromatic carbocycles. The minimum atomic E-state index is -0.740. The van der Waals surface area contributed by atoms with E-state index in [2.05, 4.69) is 5.32 Å². The lowest BCUT2D eigenvalue weighted by Crippen LogP contribution is -2.50. The first-order valence-electron chi connectivity index (χ1n) is 13.6. The Morgan fingerprint density at radius 2 is 1.76 bits per heavy atom. The van der Waals surface area contributed by atoms with Crippen LogP contribution in [0.15, 0.2) is 60.7 Å². The largest absolute Gasteiger partial charge is 0.352 e. The van der Waals surface area contributed by atoms with Gasteiger partial charge < -0.3 is 15.1 Å². The summed E-state index contributed by atoms with van der Waals surface area (Å²) in [4.78, 5) is 42.9. The number of nitrogens with one attached hydrogen (secondary N) is 1. The second-order valence-electron chi connectivity index (χ2n) is 10.4. The van der Waals surface area contributed by atoms with Gasteiger partial charge in [0.25, 0.3) is 5.91 Å². The second kappa shape index (κ2) is 11.3. The summed E-state index contributed by atoms with van der Waals surface area (Å²) in [6, 6.07) is 17.3. The van der Waals surface area contributed by atoms with Crippen molar-refractivity contribution in [1.29, 1.82) is 0 Å². The van der Waals surface area contributed by atoms with Crippen LogP contribution in [0.25, 0.3) is 10.8 Å². The number of halogens is 1. The lowest BCUT2D eigenvalue weighted by molar-refractivity contribution is -0.141. The van der Waals surface area contributed by atoms with Crippen molar-refractivity contribution in [2.45, 2.75) is 70.5 Å². The van der Waals surface area contributed by atoms with Crippen LogP contribution >= 0.6 is 0 Å². The Bertz CT molecular complexity index is 1350. The average molecular weight is 516 g/mol. The molecule has 1 fully saturated rings. The molecule has 3 amide bonds. The molecule has 3 aromatic rings. The van der Waals surface area contributed by atoms with Crippen LogP contribution in [0.2, 0.25) is 0 Å². The van der Waals surface area contributed by atoms with E-state index in [-0.39, 0.29) is 36.7 Å². The first kappa shape index (κ1) is 25.9. The maximum atomic E-state index is 14.5. The van der Waals surface area contributed by atoms with Crippen LogP contribution in [0.3, 0.4) is 0 Å². The van der Waals surface area contributed by atoms with Gasteiger partial charge in [0.1, 0.15) is 11.9 Å². The molecule has 1 aliphatic carbocycles. The normalized spacial score (nSPS) is 16.1. The summed E-state index contributed by atoms with van der Waals surface area (Å²) < 4.78 is 14.5. The standard InChI is InChI=1S/C31H34FN3O3/c1-21(30(37)33-24-13-3-2-4-14-24)35(20-23-10-5-6-16-26(23)32)28(36)18-9-19-34-27-17-8-12-22-11-7-15-25(29(22)27)31(34)38/h5-8,10-12,15-17,21,24H,2-4,9,13-14,18-20H2,1H3,(H,33,37)/t21-/m1/s1. The van der Waals surface area contributed by atoms with E-state index in [9.17, 15) is 18.8 Å². The van der Waals surface area contributed by atoms with Crippen molar-refractivity contribution in [2.75, 3.05) is 11.4 Å². The van der Waals surface area contributed by atoms with E-state index >= 15 is 0 Å². The Morgan fingerprint density at radius 1 is 1.03 bits per heavy atom. The van der Waals surface area contributed by atoms with Gasteiger partial charge in [-0.05, 0) is 49.8 Å². The predicted octanol–water partition coefficient (Wildman–Crippen LogP) is 5.59. The number of nitrogens with zero attached hydrogens (tertiary/aromatic N) is 2. The van der Waals surface area contributed by atoms with Crippen molar-refractivity contribution in [2.24, 2.45) is 0 Å². The highest BCUT2D eigenvalue weighted by atomic mass is 19.1. The number of carbonyl (C=O) groups is 3. The smallest absolute Gasteiger partial charge is 0.258 e. The van der Waals surface area contributed by atoms with Crippen LogP contribution in [0, 0.1) is 5.82 Å². The van der Waals surface area contributed by atoms with Crippen LogP contribution in [0.4, 0.5) is 10.1 Å². The Hall–Kier alpha value is -3.74. The highest BCUT2D eigenvalue weighted by molar-refractivity contribution is 6.25. The summed E-state index contributed by atoms with van der Waals surface area (Å²) in [5.74, 6) is -0.910. The molecule has 1 saturated carbocycles. The first-order valence-corrected chi connectivity index (χ1v) is 13.6. The molecule has 0 saturated heterocycles. The second-order valence-corrected chi connectivity index (χ2v) is 10.4. The van der Waals surface area contributed by atoms with E-state index < -0.39 is 11.9 Å². The van der Waals surface area contributed by atoms with Crippen LogP contribution in [0.1, 0.15) is 67.8 Å². The summed E-state index contributed by atoms with van der Waals surface area (Å²) in [6.07, 6.45) is 5.82. The topological polar surface area (TPSA) is 69.7 Å². The van der Waals surface area contributed by atoms with Gasteiger partial charge >= 0.3 is 0 Å². The zero-order valence-corrected chi connectivity index (χ0v) is 21.8. The van der Waals surface area contributed by atoms with Crippen molar-refractivity contribution in [1.82, 2.24) is 10.2 Å². The number of rotatable bonds is 9. The highest BCUT2D eigenvalue weighted by Crippen LogP contribution is 2.37. The average Bonchev–Trinajstić information content (AvgIpc) is 3.21. The summed E-state index contributed by atoms with van der Waals surface area (Å²) >= 11 is 0. The first-order chi connectivity index (χ1) is 18.4. The van der Waals surface area contributed by atoms with Gasteiger partial charge in [0.15, 0.2) is 0 Å². The van der Waals surface area contributed by atoms with Gasteiger partial charge in [0.2, 0.25) is 11.8 Å². The highest BCUT2D eigenvalue weighted by Gasteiger charge is 2.31. The number of anilines is 1.